The number of nitrogens with zero attached hydrogens (tertiary/aromatic N) is 1. The molecule has 3 N–H and O–H groups in total. The number of aliphatic hydroxyl groups excluding tert-OH is 1. The first-order valence-electron chi connectivity index (χ1n) is 4.63. The summed E-state index contributed by atoms with van der Waals surface area (Å²) in [5.74, 6) is 0.188. The first kappa shape index (κ1) is 10.9. The fourth-order valence-corrected chi connectivity index (χ4v) is 1.07. The minimum atomic E-state index is 0.0108. The summed E-state index contributed by atoms with van der Waals surface area (Å²) in [5.41, 5.74) is 1.49. The SMILES string of the molecule is Cc1ccc(O)c(CNC(C)CO)n1. The lowest BCUT2D eigenvalue weighted by Crippen LogP contribution is -2.29. The van der Waals surface area contributed by atoms with Crippen molar-refractivity contribution >= 4 is 0 Å². The van der Waals surface area contributed by atoms with Gasteiger partial charge in [0.25, 0.3) is 0 Å². The number of aromatic nitrogens is 1. The van der Waals surface area contributed by atoms with Gasteiger partial charge in [0, 0.05) is 18.3 Å². The molecule has 0 aromatic carbocycles. The van der Waals surface area contributed by atoms with E-state index in [1.54, 1.807) is 12.1 Å². The summed E-state index contributed by atoms with van der Waals surface area (Å²) in [5, 5.41) is 21.3. The van der Waals surface area contributed by atoms with Crippen molar-refractivity contribution in [2.45, 2.75) is 26.4 Å². The van der Waals surface area contributed by atoms with Gasteiger partial charge in [-0.1, -0.05) is 0 Å². The molecule has 1 atom stereocenters. The highest BCUT2D eigenvalue weighted by molar-refractivity contribution is 5.27. The van der Waals surface area contributed by atoms with Crippen molar-refractivity contribution in [2.75, 3.05) is 6.61 Å². The number of nitrogens with one attached hydrogen (secondary N) is 1. The lowest BCUT2D eigenvalue weighted by atomic mass is 10.2. The molecule has 0 radical (unpaired) electrons. The highest BCUT2D eigenvalue weighted by atomic mass is 16.3. The lowest BCUT2D eigenvalue weighted by Gasteiger charge is -2.11. The van der Waals surface area contributed by atoms with E-state index < -0.39 is 0 Å². The number of hydrogen-bond donors (Lipinski definition) is 3. The quantitative estimate of drug-likeness (QED) is 0.658. The Labute approximate surface area is 83.6 Å². The summed E-state index contributed by atoms with van der Waals surface area (Å²) in [6.45, 7) is 4.28. The first-order valence-corrected chi connectivity index (χ1v) is 4.63. The van der Waals surface area contributed by atoms with Crippen molar-refractivity contribution in [3.63, 3.8) is 0 Å². The molecule has 0 fully saturated rings. The van der Waals surface area contributed by atoms with E-state index in [0.29, 0.717) is 12.2 Å². The maximum atomic E-state index is 9.46. The number of pyridine rings is 1. The van der Waals surface area contributed by atoms with Crippen molar-refractivity contribution < 1.29 is 10.2 Å². The van der Waals surface area contributed by atoms with Gasteiger partial charge in [-0.3, -0.25) is 4.98 Å². The van der Waals surface area contributed by atoms with E-state index in [4.69, 9.17) is 5.11 Å². The molecule has 1 heterocycles. The second-order valence-electron chi connectivity index (χ2n) is 3.38. The number of rotatable bonds is 4. The Morgan fingerprint density at radius 1 is 1.50 bits per heavy atom. The smallest absolute Gasteiger partial charge is 0.138 e. The molecule has 4 heteroatoms. The van der Waals surface area contributed by atoms with Gasteiger partial charge >= 0.3 is 0 Å². The van der Waals surface area contributed by atoms with Gasteiger partial charge in [-0.05, 0) is 26.0 Å². The molecule has 0 aliphatic carbocycles. The third-order valence-corrected chi connectivity index (χ3v) is 1.98. The van der Waals surface area contributed by atoms with E-state index in [2.05, 4.69) is 10.3 Å². The summed E-state index contributed by atoms with van der Waals surface area (Å²) in [7, 11) is 0. The van der Waals surface area contributed by atoms with Gasteiger partial charge in [0.15, 0.2) is 0 Å². The normalized spacial score (nSPS) is 12.8. The number of aryl methyl sites for hydroxylation is 1. The van der Waals surface area contributed by atoms with Crippen LogP contribution < -0.4 is 5.32 Å². The molecule has 4 nitrogen and oxygen atoms in total. The predicted octanol–water partition coefficient (Wildman–Crippen LogP) is 0.566. The molecular weight excluding hydrogens is 180 g/mol. The van der Waals surface area contributed by atoms with Crippen LogP contribution in [-0.4, -0.2) is 27.8 Å². The molecule has 0 amide bonds. The molecule has 1 aromatic heterocycles. The van der Waals surface area contributed by atoms with Crippen LogP contribution in [0.3, 0.4) is 0 Å². The molecular formula is C10H16N2O2. The molecule has 14 heavy (non-hydrogen) atoms. The third kappa shape index (κ3) is 2.97. The molecule has 0 saturated heterocycles. The maximum Gasteiger partial charge on any atom is 0.138 e. The maximum absolute atomic E-state index is 9.46. The Bertz CT molecular complexity index is 302. The number of aliphatic hydroxyl groups is 1. The van der Waals surface area contributed by atoms with E-state index in [1.165, 1.54) is 0 Å². The van der Waals surface area contributed by atoms with Crippen LogP contribution in [0.1, 0.15) is 18.3 Å². The summed E-state index contributed by atoms with van der Waals surface area (Å²) < 4.78 is 0. The number of aromatic hydroxyl groups is 1. The van der Waals surface area contributed by atoms with Gasteiger partial charge in [0.05, 0.1) is 12.3 Å². The Morgan fingerprint density at radius 3 is 2.86 bits per heavy atom. The van der Waals surface area contributed by atoms with Crippen LogP contribution in [-0.2, 0) is 6.54 Å². The van der Waals surface area contributed by atoms with Crippen LogP contribution in [0.4, 0.5) is 0 Å². The first-order chi connectivity index (χ1) is 6.63. The largest absolute Gasteiger partial charge is 0.506 e. The van der Waals surface area contributed by atoms with Crippen molar-refractivity contribution in [1.82, 2.24) is 10.3 Å². The van der Waals surface area contributed by atoms with Gasteiger partial charge in [-0.2, -0.15) is 0 Å². The standard InChI is InChI=1S/C10H16N2O2/c1-7-3-4-10(14)9(12-7)5-11-8(2)6-13/h3-4,8,11,13-14H,5-6H2,1-2H3. The molecule has 1 rings (SSSR count). The fraction of sp³-hybridized carbons (Fsp3) is 0.500. The number of hydrogen-bond acceptors (Lipinski definition) is 4. The molecule has 78 valence electrons. The van der Waals surface area contributed by atoms with Crippen LogP contribution >= 0.6 is 0 Å². The summed E-state index contributed by atoms with van der Waals surface area (Å²) >= 11 is 0. The zero-order valence-electron chi connectivity index (χ0n) is 8.49. The molecule has 1 aromatic rings. The van der Waals surface area contributed by atoms with Crippen molar-refractivity contribution in [1.29, 1.82) is 0 Å². The molecule has 0 spiro atoms. The zero-order valence-corrected chi connectivity index (χ0v) is 8.49. The van der Waals surface area contributed by atoms with Gasteiger partial charge < -0.3 is 15.5 Å². The van der Waals surface area contributed by atoms with Crippen molar-refractivity contribution in [3.8, 4) is 5.75 Å². The van der Waals surface area contributed by atoms with Crippen LogP contribution in [0.5, 0.6) is 5.75 Å². The Hall–Kier alpha value is -1.13. The monoisotopic (exact) mass is 196 g/mol. The molecule has 0 aliphatic heterocycles. The lowest BCUT2D eigenvalue weighted by molar-refractivity contribution is 0.250. The minimum absolute atomic E-state index is 0.0108. The van der Waals surface area contributed by atoms with Crippen molar-refractivity contribution in [3.05, 3.63) is 23.5 Å². The van der Waals surface area contributed by atoms with E-state index in [-0.39, 0.29) is 18.4 Å². The Kier molecular flexibility index (Phi) is 3.85. The zero-order chi connectivity index (χ0) is 10.6. The Balaban J connectivity index is 2.62. The van der Waals surface area contributed by atoms with E-state index in [0.717, 1.165) is 5.69 Å². The van der Waals surface area contributed by atoms with Crippen LogP contribution in [0.2, 0.25) is 0 Å². The van der Waals surface area contributed by atoms with Crippen molar-refractivity contribution in [2.24, 2.45) is 0 Å². The summed E-state index contributed by atoms with van der Waals surface area (Å²) in [4.78, 5) is 4.18. The average Bonchev–Trinajstić information content (AvgIpc) is 2.19. The third-order valence-electron chi connectivity index (χ3n) is 1.98. The van der Waals surface area contributed by atoms with Gasteiger partial charge in [-0.15, -0.1) is 0 Å². The molecule has 1 unspecified atom stereocenters. The predicted molar refractivity (Wildman–Crippen MR) is 54.0 cm³/mol. The van der Waals surface area contributed by atoms with Gasteiger partial charge in [0.1, 0.15) is 5.75 Å². The fourth-order valence-electron chi connectivity index (χ4n) is 1.07. The minimum Gasteiger partial charge on any atom is -0.506 e. The van der Waals surface area contributed by atoms with E-state index in [1.807, 2.05) is 13.8 Å². The topological polar surface area (TPSA) is 65.4 Å². The molecule has 0 aliphatic rings. The van der Waals surface area contributed by atoms with Gasteiger partial charge in [-0.25, -0.2) is 0 Å². The summed E-state index contributed by atoms with van der Waals surface area (Å²) in [6, 6.07) is 3.40. The van der Waals surface area contributed by atoms with Crippen LogP contribution in [0.25, 0.3) is 0 Å². The summed E-state index contributed by atoms with van der Waals surface area (Å²) in [6.07, 6.45) is 0. The highest BCUT2D eigenvalue weighted by Crippen LogP contribution is 2.14. The van der Waals surface area contributed by atoms with Crippen LogP contribution in [0, 0.1) is 6.92 Å². The molecule has 0 saturated carbocycles. The van der Waals surface area contributed by atoms with Crippen LogP contribution in [0.15, 0.2) is 12.1 Å². The molecule has 0 bridgehead atoms. The Morgan fingerprint density at radius 2 is 2.21 bits per heavy atom. The average molecular weight is 196 g/mol. The van der Waals surface area contributed by atoms with Gasteiger partial charge in [0.2, 0.25) is 0 Å². The van der Waals surface area contributed by atoms with E-state index in [9.17, 15) is 5.11 Å². The second kappa shape index (κ2) is 4.93. The van der Waals surface area contributed by atoms with E-state index >= 15 is 0 Å². The second-order valence-corrected chi connectivity index (χ2v) is 3.38. The highest BCUT2D eigenvalue weighted by Gasteiger charge is 2.04.